The fraction of sp³-hybridized carbons (Fsp3) is 0.350. The number of aromatic nitrogens is 3. The average Bonchev–Trinajstić information content (AvgIpc) is 3.51. The zero-order chi connectivity index (χ0) is 19.8. The molecule has 0 radical (unpaired) electrons. The van der Waals surface area contributed by atoms with Crippen LogP contribution in [0.2, 0.25) is 5.02 Å². The fourth-order valence-electron chi connectivity index (χ4n) is 3.30. The molecule has 3 N–H and O–H groups in total. The van der Waals surface area contributed by atoms with E-state index in [0.29, 0.717) is 39.6 Å². The van der Waals surface area contributed by atoms with Crippen molar-refractivity contribution in [3.05, 3.63) is 28.9 Å². The third-order valence-electron chi connectivity index (χ3n) is 4.85. The number of ether oxygens (including phenoxy) is 2. The van der Waals surface area contributed by atoms with Crippen LogP contribution in [-0.4, -0.2) is 35.2 Å². The largest absolute Gasteiger partial charge is 0.496 e. The summed E-state index contributed by atoms with van der Waals surface area (Å²) in [6.45, 7) is 2.05. The molecule has 0 aliphatic heterocycles. The standard InChI is InChI=1S/C20H22ClN5O2/c1-4-12-14(27-2)8-15(28-3)17(21)16(12)13-7-10-9-23-20(22)26-18(10)19(25-13)24-11-5-6-11/h7-9,11H,4-6H2,1-3H3,(H,24,25)(H2,22,23,26). The van der Waals surface area contributed by atoms with Gasteiger partial charge in [-0.25, -0.2) is 15.0 Å². The Balaban J connectivity index is 2.00. The number of nitrogens with two attached hydrogens (primary N) is 1. The molecular formula is C20H22ClN5O2. The van der Waals surface area contributed by atoms with Crippen LogP contribution in [0, 0.1) is 0 Å². The second-order valence-corrected chi connectivity index (χ2v) is 7.12. The molecule has 1 aliphatic rings. The van der Waals surface area contributed by atoms with Gasteiger partial charge in [0.25, 0.3) is 0 Å². The summed E-state index contributed by atoms with van der Waals surface area (Å²) in [7, 11) is 3.22. The van der Waals surface area contributed by atoms with Gasteiger partial charge in [0.1, 0.15) is 17.0 Å². The molecule has 1 fully saturated rings. The Bertz CT molecular complexity index is 1050. The number of pyridine rings is 1. The summed E-state index contributed by atoms with van der Waals surface area (Å²) >= 11 is 6.71. The number of fused-ring (bicyclic) bond motifs is 1. The molecule has 0 amide bonds. The Labute approximate surface area is 168 Å². The van der Waals surface area contributed by atoms with E-state index in [1.807, 2.05) is 6.07 Å². The minimum atomic E-state index is 0.219. The van der Waals surface area contributed by atoms with E-state index < -0.39 is 0 Å². The van der Waals surface area contributed by atoms with Gasteiger partial charge in [-0.05, 0) is 25.3 Å². The monoisotopic (exact) mass is 399 g/mol. The Morgan fingerprint density at radius 2 is 1.93 bits per heavy atom. The number of nitrogens with zero attached hydrogens (tertiary/aromatic N) is 3. The first kappa shape index (κ1) is 18.6. The first-order valence-electron chi connectivity index (χ1n) is 9.19. The van der Waals surface area contributed by atoms with E-state index in [2.05, 4.69) is 22.2 Å². The number of nitrogen functional groups attached to an aromatic ring is 1. The summed E-state index contributed by atoms with van der Waals surface area (Å²) in [6, 6.07) is 4.13. The van der Waals surface area contributed by atoms with Gasteiger partial charge < -0.3 is 20.5 Å². The summed E-state index contributed by atoms with van der Waals surface area (Å²) in [5, 5.41) is 4.78. The molecule has 1 aliphatic carbocycles. The minimum absolute atomic E-state index is 0.219. The number of nitrogens with one attached hydrogen (secondary N) is 1. The lowest BCUT2D eigenvalue weighted by molar-refractivity contribution is 0.392. The van der Waals surface area contributed by atoms with E-state index >= 15 is 0 Å². The third kappa shape index (κ3) is 3.26. The van der Waals surface area contributed by atoms with Crippen LogP contribution in [0.25, 0.3) is 22.2 Å². The molecule has 0 spiro atoms. The van der Waals surface area contributed by atoms with Crippen molar-refractivity contribution in [3.63, 3.8) is 0 Å². The molecule has 1 saturated carbocycles. The molecule has 0 saturated heterocycles. The molecule has 7 nitrogen and oxygen atoms in total. The zero-order valence-electron chi connectivity index (χ0n) is 16.0. The molecule has 2 heterocycles. The smallest absolute Gasteiger partial charge is 0.220 e. The van der Waals surface area contributed by atoms with E-state index in [9.17, 15) is 0 Å². The lowest BCUT2D eigenvalue weighted by Gasteiger charge is -2.18. The second-order valence-electron chi connectivity index (χ2n) is 6.74. The number of hydrogen-bond donors (Lipinski definition) is 2. The fourth-order valence-corrected chi connectivity index (χ4v) is 3.64. The predicted octanol–water partition coefficient (Wildman–Crippen LogP) is 4.08. The number of hydrogen-bond acceptors (Lipinski definition) is 7. The van der Waals surface area contributed by atoms with Gasteiger partial charge >= 0.3 is 0 Å². The molecule has 1 aromatic carbocycles. The summed E-state index contributed by atoms with van der Waals surface area (Å²) in [5.74, 6) is 2.16. The Kier molecular flexibility index (Phi) is 4.85. The van der Waals surface area contributed by atoms with E-state index in [-0.39, 0.29) is 5.95 Å². The Morgan fingerprint density at radius 3 is 2.57 bits per heavy atom. The van der Waals surface area contributed by atoms with Crippen LogP contribution in [0.4, 0.5) is 11.8 Å². The predicted molar refractivity (Wildman–Crippen MR) is 111 cm³/mol. The van der Waals surface area contributed by atoms with Crippen LogP contribution in [0.15, 0.2) is 18.3 Å². The Hall–Kier alpha value is -2.80. The average molecular weight is 400 g/mol. The molecule has 3 aromatic rings. The lowest BCUT2D eigenvalue weighted by atomic mass is 9.99. The topological polar surface area (TPSA) is 95.2 Å². The first-order chi connectivity index (χ1) is 13.5. The van der Waals surface area contributed by atoms with Gasteiger partial charge in [-0.15, -0.1) is 0 Å². The van der Waals surface area contributed by atoms with Crippen molar-refractivity contribution in [2.45, 2.75) is 32.2 Å². The molecule has 28 heavy (non-hydrogen) atoms. The van der Waals surface area contributed by atoms with Crippen LogP contribution >= 0.6 is 11.6 Å². The first-order valence-corrected chi connectivity index (χ1v) is 9.57. The molecular weight excluding hydrogens is 378 g/mol. The van der Waals surface area contributed by atoms with Gasteiger partial charge in [0.2, 0.25) is 5.95 Å². The van der Waals surface area contributed by atoms with Gasteiger partial charge in [0, 0.05) is 34.8 Å². The van der Waals surface area contributed by atoms with E-state index in [4.69, 9.17) is 31.8 Å². The van der Waals surface area contributed by atoms with Crippen molar-refractivity contribution in [1.29, 1.82) is 0 Å². The molecule has 8 heteroatoms. The normalized spacial score (nSPS) is 13.6. The summed E-state index contributed by atoms with van der Waals surface area (Å²) in [5.41, 5.74) is 8.97. The van der Waals surface area contributed by atoms with Crippen molar-refractivity contribution < 1.29 is 9.47 Å². The highest BCUT2D eigenvalue weighted by atomic mass is 35.5. The highest BCUT2D eigenvalue weighted by Gasteiger charge is 2.25. The maximum Gasteiger partial charge on any atom is 0.220 e. The van der Waals surface area contributed by atoms with Crippen LogP contribution in [0.1, 0.15) is 25.3 Å². The van der Waals surface area contributed by atoms with Gasteiger partial charge in [-0.1, -0.05) is 18.5 Å². The number of benzene rings is 1. The molecule has 0 bridgehead atoms. The second kappa shape index (κ2) is 7.31. The van der Waals surface area contributed by atoms with Gasteiger partial charge in [0.05, 0.1) is 24.9 Å². The summed E-state index contributed by atoms with van der Waals surface area (Å²) in [6.07, 6.45) is 4.66. The maximum atomic E-state index is 6.71. The molecule has 0 unspecified atom stereocenters. The van der Waals surface area contributed by atoms with E-state index in [1.165, 1.54) is 0 Å². The van der Waals surface area contributed by atoms with Crippen LogP contribution in [0.3, 0.4) is 0 Å². The van der Waals surface area contributed by atoms with Crippen molar-refractivity contribution in [2.75, 3.05) is 25.3 Å². The zero-order valence-corrected chi connectivity index (χ0v) is 16.8. The lowest BCUT2D eigenvalue weighted by Crippen LogP contribution is -2.07. The third-order valence-corrected chi connectivity index (χ3v) is 5.22. The highest BCUT2D eigenvalue weighted by Crippen LogP contribution is 2.44. The number of methoxy groups -OCH3 is 2. The van der Waals surface area contributed by atoms with E-state index in [0.717, 1.165) is 35.8 Å². The summed E-state index contributed by atoms with van der Waals surface area (Å²) < 4.78 is 11.0. The van der Waals surface area contributed by atoms with Crippen molar-refractivity contribution in [1.82, 2.24) is 15.0 Å². The van der Waals surface area contributed by atoms with E-state index in [1.54, 1.807) is 26.5 Å². The van der Waals surface area contributed by atoms with Crippen LogP contribution < -0.4 is 20.5 Å². The van der Waals surface area contributed by atoms with Crippen molar-refractivity contribution in [2.24, 2.45) is 0 Å². The SMILES string of the molecule is CCc1c(OC)cc(OC)c(Cl)c1-c1cc2cnc(N)nc2c(NC2CC2)n1. The number of anilines is 2. The number of halogens is 1. The summed E-state index contributed by atoms with van der Waals surface area (Å²) in [4.78, 5) is 13.4. The van der Waals surface area contributed by atoms with Crippen molar-refractivity contribution in [3.8, 4) is 22.8 Å². The molecule has 4 rings (SSSR count). The molecule has 0 atom stereocenters. The minimum Gasteiger partial charge on any atom is -0.496 e. The van der Waals surface area contributed by atoms with Crippen molar-refractivity contribution >= 4 is 34.3 Å². The quantitative estimate of drug-likeness (QED) is 0.644. The van der Waals surface area contributed by atoms with Crippen LogP contribution in [-0.2, 0) is 6.42 Å². The van der Waals surface area contributed by atoms with Gasteiger partial charge in [-0.2, -0.15) is 0 Å². The molecule has 2 aromatic heterocycles. The van der Waals surface area contributed by atoms with Gasteiger partial charge in [0.15, 0.2) is 5.82 Å². The maximum absolute atomic E-state index is 6.71. The van der Waals surface area contributed by atoms with Gasteiger partial charge in [-0.3, -0.25) is 0 Å². The number of rotatable bonds is 6. The molecule has 146 valence electrons. The van der Waals surface area contributed by atoms with Crippen LogP contribution in [0.5, 0.6) is 11.5 Å². The Morgan fingerprint density at radius 1 is 1.18 bits per heavy atom. The highest BCUT2D eigenvalue weighted by molar-refractivity contribution is 6.35.